The molecule has 1 heterocycles. The summed E-state index contributed by atoms with van der Waals surface area (Å²) >= 11 is 0. The molecule has 0 spiro atoms. The summed E-state index contributed by atoms with van der Waals surface area (Å²) in [5.41, 5.74) is 1.17. The van der Waals surface area contributed by atoms with E-state index in [1.807, 2.05) is 6.07 Å². The second-order valence-electron chi connectivity index (χ2n) is 6.32. The fourth-order valence-electron chi connectivity index (χ4n) is 2.56. The van der Waals surface area contributed by atoms with Gasteiger partial charge in [0.05, 0.1) is 0 Å². The van der Waals surface area contributed by atoms with Crippen molar-refractivity contribution in [3.8, 4) is 0 Å². The quantitative estimate of drug-likeness (QED) is 0.914. The Labute approximate surface area is 122 Å². The Morgan fingerprint density at radius 2 is 1.85 bits per heavy atom. The highest BCUT2D eigenvalue weighted by molar-refractivity contribution is 5.79. The van der Waals surface area contributed by atoms with E-state index in [0.717, 1.165) is 32.4 Å². The van der Waals surface area contributed by atoms with Gasteiger partial charge >= 0.3 is 0 Å². The molecule has 0 aromatic heterocycles. The monoisotopic (exact) mass is 274 g/mol. The van der Waals surface area contributed by atoms with Gasteiger partial charge in [-0.1, -0.05) is 25.1 Å². The SMILES string of the molecule is CCC(C)(C)NC(=O)C1CCN(c2ccccc2)CC1. The highest BCUT2D eigenvalue weighted by Gasteiger charge is 2.28. The molecule has 1 aliphatic heterocycles. The zero-order chi connectivity index (χ0) is 14.6. The lowest BCUT2D eigenvalue weighted by Crippen LogP contribution is -2.48. The van der Waals surface area contributed by atoms with Crippen LogP contribution in [0.4, 0.5) is 5.69 Å². The van der Waals surface area contributed by atoms with Gasteiger partial charge in [-0.2, -0.15) is 0 Å². The number of benzene rings is 1. The number of carbonyl (C=O) groups excluding carboxylic acids is 1. The summed E-state index contributed by atoms with van der Waals surface area (Å²) in [6.45, 7) is 8.22. The van der Waals surface area contributed by atoms with Crippen molar-refractivity contribution in [3.63, 3.8) is 0 Å². The van der Waals surface area contributed by atoms with Crippen molar-refractivity contribution in [2.24, 2.45) is 5.92 Å². The number of anilines is 1. The van der Waals surface area contributed by atoms with E-state index >= 15 is 0 Å². The van der Waals surface area contributed by atoms with Crippen LogP contribution in [0.15, 0.2) is 30.3 Å². The molecule has 0 radical (unpaired) electrons. The van der Waals surface area contributed by atoms with E-state index in [1.54, 1.807) is 0 Å². The average molecular weight is 274 g/mol. The second kappa shape index (κ2) is 6.29. The van der Waals surface area contributed by atoms with Crippen molar-refractivity contribution in [2.45, 2.75) is 45.6 Å². The van der Waals surface area contributed by atoms with Gasteiger partial charge in [-0.25, -0.2) is 0 Å². The third-order valence-electron chi connectivity index (χ3n) is 4.33. The average Bonchev–Trinajstić information content (AvgIpc) is 2.48. The van der Waals surface area contributed by atoms with Crippen LogP contribution in [-0.2, 0) is 4.79 Å². The van der Waals surface area contributed by atoms with Gasteiger partial charge in [0.25, 0.3) is 0 Å². The lowest BCUT2D eigenvalue weighted by atomic mass is 9.93. The van der Waals surface area contributed by atoms with Gasteiger partial charge in [0.15, 0.2) is 0 Å². The number of amides is 1. The summed E-state index contributed by atoms with van der Waals surface area (Å²) in [5.74, 6) is 0.394. The van der Waals surface area contributed by atoms with Crippen LogP contribution in [0.3, 0.4) is 0 Å². The molecule has 0 atom stereocenters. The Bertz CT molecular complexity index is 434. The number of rotatable bonds is 4. The van der Waals surface area contributed by atoms with E-state index in [1.165, 1.54) is 5.69 Å². The first-order valence-electron chi connectivity index (χ1n) is 7.64. The highest BCUT2D eigenvalue weighted by atomic mass is 16.2. The smallest absolute Gasteiger partial charge is 0.223 e. The summed E-state index contributed by atoms with van der Waals surface area (Å²) < 4.78 is 0. The maximum Gasteiger partial charge on any atom is 0.223 e. The maximum atomic E-state index is 12.3. The second-order valence-corrected chi connectivity index (χ2v) is 6.32. The number of nitrogens with zero attached hydrogens (tertiary/aromatic N) is 1. The molecule has 1 saturated heterocycles. The molecule has 0 unspecified atom stereocenters. The van der Waals surface area contributed by atoms with Crippen molar-refractivity contribution in [2.75, 3.05) is 18.0 Å². The van der Waals surface area contributed by atoms with E-state index in [0.29, 0.717) is 0 Å². The Kier molecular flexibility index (Phi) is 4.69. The van der Waals surface area contributed by atoms with Crippen LogP contribution in [0.1, 0.15) is 40.0 Å². The lowest BCUT2D eigenvalue weighted by Gasteiger charge is -2.35. The van der Waals surface area contributed by atoms with Gasteiger partial charge in [-0.05, 0) is 45.2 Å². The number of hydrogen-bond donors (Lipinski definition) is 1. The molecule has 1 aliphatic rings. The first-order valence-corrected chi connectivity index (χ1v) is 7.64. The standard InChI is InChI=1S/C17H26N2O/c1-4-17(2,3)18-16(20)14-10-12-19(13-11-14)15-8-6-5-7-9-15/h5-9,14H,4,10-13H2,1-3H3,(H,18,20). The van der Waals surface area contributed by atoms with Crippen molar-refractivity contribution in [3.05, 3.63) is 30.3 Å². The molecule has 2 rings (SSSR count). The van der Waals surface area contributed by atoms with Gasteiger partial charge in [-0.15, -0.1) is 0 Å². The van der Waals surface area contributed by atoms with Crippen molar-refractivity contribution >= 4 is 11.6 Å². The molecule has 1 fully saturated rings. The van der Waals surface area contributed by atoms with Crippen LogP contribution in [0.2, 0.25) is 0 Å². The van der Waals surface area contributed by atoms with Gasteiger partial charge in [-0.3, -0.25) is 4.79 Å². The van der Waals surface area contributed by atoms with E-state index in [4.69, 9.17) is 0 Å². The predicted molar refractivity (Wildman–Crippen MR) is 83.9 cm³/mol. The minimum absolute atomic E-state index is 0.0896. The van der Waals surface area contributed by atoms with Gasteiger partial charge in [0, 0.05) is 30.2 Å². The normalized spacial score (nSPS) is 17.1. The third kappa shape index (κ3) is 3.75. The van der Waals surface area contributed by atoms with E-state index in [-0.39, 0.29) is 17.4 Å². The topological polar surface area (TPSA) is 32.3 Å². The minimum atomic E-state index is -0.0896. The largest absolute Gasteiger partial charge is 0.371 e. The molecule has 3 nitrogen and oxygen atoms in total. The van der Waals surface area contributed by atoms with Crippen LogP contribution >= 0.6 is 0 Å². The summed E-state index contributed by atoms with van der Waals surface area (Å²) in [7, 11) is 0. The van der Waals surface area contributed by atoms with E-state index in [9.17, 15) is 4.79 Å². The number of piperidine rings is 1. The molecule has 0 aliphatic carbocycles. The Morgan fingerprint density at radius 1 is 1.25 bits per heavy atom. The Balaban J connectivity index is 1.87. The molecule has 1 amide bonds. The number of carbonyl (C=O) groups is 1. The summed E-state index contributed by atoms with van der Waals surface area (Å²) in [6, 6.07) is 10.5. The van der Waals surface area contributed by atoms with Crippen LogP contribution in [0.5, 0.6) is 0 Å². The number of hydrogen-bond acceptors (Lipinski definition) is 2. The molecule has 1 aromatic rings. The summed E-state index contributed by atoms with van der Waals surface area (Å²) in [5, 5.41) is 3.17. The zero-order valence-electron chi connectivity index (χ0n) is 12.9. The zero-order valence-corrected chi connectivity index (χ0v) is 12.9. The van der Waals surface area contributed by atoms with Crippen molar-refractivity contribution in [1.82, 2.24) is 5.32 Å². The predicted octanol–water partition coefficient (Wildman–Crippen LogP) is 3.21. The fourth-order valence-corrected chi connectivity index (χ4v) is 2.56. The molecule has 0 saturated carbocycles. The molecule has 0 bridgehead atoms. The molecular formula is C17H26N2O. The molecule has 1 aromatic carbocycles. The third-order valence-corrected chi connectivity index (χ3v) is 4.33. The van der Waals surface area contributed by atoms with Crippen molar-refractivity contribution in [1.29, 1.82) is 0 Å². The van der Waals surface area contributed by atoms with E-state index in [2.05, 4.69) is 55.3 Å². The fraction of sp³-hybridized carbons (Fsp3) is 0.588. The van der Waals surface area contributed by atoms with Crippen LogP contribution in [-0.4, -0.2) is 24.5 Å². The highest BCUT2D eigenvalue weighted by Crippen LogP contribution is 2.23. The lowest BCUT2D eigenvalue weighted by molar-refractivity contribution is -0.127. The van der Waals surface area contributed by atoms with Crippen LogP contribution < -0.4 is 10.2 Å². The first kappa shape index (κ1) is 14.9. The van der Waals surface area contributed by atoms with Crippen LogP contribution in [0.25, 0.3) is 0 Å². The summed E-state index contributed by atoms with van der Waals surface area (Å²) in [6.07, 6.45) is 2.85. The minimum Gasteiger partial charge on any atom is -0.371 e. The molecule has 110 valence electrons. The van der Waals surface area contributed by atoms with Gasteiger partial charge in [0.1, 0.15) is 0 Å². The molecule has 20 heavy (non-hydrogen) atoms. The summed E-state index contributed by atoms with van der Waals surface area (Å²) in [4.78, 5) is 14.7. The number of nitrogens with one attached hydrogen (secondary N) is 1. The Morgan fingerprint density at radius 3 is 2.40 bits per heavy atom. The number of para-hydroxylation sites is 1. The Hall–Kier alpha value is -1.51. The van der Waals surface area contributed by atoms with Crippen molar-refractivity contribution < 1.29 is 4.79 Å². The molecule has 3 heteroatoms. The maximum absolute atomic E-state index is 12.3. The van der Waals surface area contributed by atoms with Crippen LogP contribution in [0, 0.1) is 5.92 Å². The van der Waals surface area contributed by atoms with E-state index < -0.39 is 0 Å². The first-order chi connectivity index (χ1) is 9.52. The molecular weight excluding hydrogens is 248 g/mol. The molecule has 1 N–H and O–H groups in total. The van der Waals surface area contributed by atoms with Gasteiger partial charge < -0.3 is 10.2 Å². The van der Waals surface area contributed by atoms with Gasteiger partial charge in [0.2, 0.25) is 5.91 Å².